The van der Waals surface area contributed by atoms with Crippen molar-refractivity contribution in [3.05, 3.63) is 0 Å². The molecule has 0 radical (unpaired) electrons. The number of hydrogen-bond donors (Lipinski definition) is 2. The predicted octanol–water partition coefficient (Wildman–Crippen LogP) is 1.71. The van der Waals surface area contributed by atoms with Gasteiger partial charge in [0.1, 0.15) is 5.60 Å². The topological polar surface area (TPSA) is 88.1 Å². The second kappa shape index (κ2) is 7.97. The molecule has 0 aromatic carbocycles. The fourth-order valence-corrected chi connectivity index (χ4v) is 2.42. The van der Waals surface area contributed by atoms with E-state index in [1.54, 1.807) is 20.8 Å². The predicted molar refractivity (Wildman–Crippen MR) is 86.5 cm³/mol. The van der Waals surface area contributed by atoms with Crippen LogP contribution in [0.15, 0.2) is 0 Å². The van der Waals surface area contributed by atoms with Gasteiger partial charge in [-0.1, -0.05) is 13.8 Å². The van der Waals surface area contributed by atoms with Crippen LogP contribution in [0.3, 0.4) is 0 Å². The Morgan fingerprint density at radius 1 is 1.30 bits per heavy atom. The van der Waals surface area contributed by atoms with Crippen molar-refractivity contribution < 1.29 is 24.2 Å². The molecule has 0 saturated carbocycles. The molecule has 2 N–H and O–H groups in total. The lowest BCUT2D eigenvalue weighted by molar-refractivity contribution is -0.141. The maximum atomic E-state index is 12.0. The molecule has 0 aromatic rings. The van der Waals surface area contributed by atoms with Gasteiger partial charge >= 0.3 is 12.1 Å². The zero-order valence-corrected chi connectivity index (χ0v) is 14.8. The van der Waals surface area contributed by atoms with E-state index in [-0.39, 0.29) is 6.42 Å². The molecule has 0 aliphatic carbocycles. The molecule has 0 atom stereocenters. The number of ether oxygens (including phenoxy) is 2. The Morgan fingerprint density at radius 2 is 1.91 bits per heavy atom. The minimum atomic E-state index is -0.885. The van der Waals surface area contributed by atoms with Gasteiger partial charge in [-0.05, 0) is 26.7 Å². The number of amides is 1. The largest absolute Gasteiger partial charge is 0.481 e. The summed E-state index contributed by atoms with van der Waals surface area (Å²) < 4.78 is 10.8. The van der Waals surface area contributed by atoms with Gasteiger partial charge in [-0.3, -0.25) is 4.79 Å². The van der Waals surface area contributed by atoms with E-state index in [1.807, 2.05) is 0 Å². The Morgan fingerprint density at radius 3 is 2.39 bits per heavy atom. The van der Waals surface area contributed by atoms with Crippen molar-refractivity contribution in [1.82, 2.24) is 10.2 Å². The van der Waals surface area contributed by atoms with Gasteiger partial charge in [0.25, 0.3) is 0 Å². The first-order chi connectivity index (χ1) is 10.5. The summed E-state index contributed by atoms with van der Waals surface area (Å²) in [6.07, 6.45) is -0.437. The first kappa shape index (κ1) is 19.7. The highest BCUT2D eigenvalue weighted by Gasteiger charge is 2.47. The summed E-state index contributed by atoms with van der Waals surface area (Å²) in [5.74, 6) is -0.418. The molecule has 1 aliphatic heterocycles. The molecule has 134 valence electrons. The van der Waals surface area contributed by atoms with Crippen molar-refractivity contribution in [1.29, 1.82) is 0 Å². The van der Waals surface area contributed by atoms with Crippen molar-refractivity contribution in [3.63, 3.8) is 0 Å². The van der Waals surface area contributed by atoms with E-state index < -0.39 is 23.2 Å². The summed E-state index contributed by atoms with van der Waals surface area (Å²) in [4.78, 5) is 24.6. The van der Waals surface area contributed by atoms with Crippen LogP contribution in [0.4, 0.5) is 4.79 Å². The maximum absolute atomic E-state index is 12.0. The number of hydrogen-bond acceptors (Lipinski definition) is 5. The lowest BCUT2D eigenvalue weighted by atomic mass is 9.86. The lowest BCUT2D eigenvalue weighted by Crippen LogP contribution is -2.71. The van der Waals surface area contributed by atoms with Gasteiger partial charge in [0, 0.05) is 26.2 Å². The molecule has 1 saturated heterocycles. The van der Waals surface area contributed by atoms with Gasteiger partial charge in [-0.25, -0.2) is 4.79 Å². The quantitative estimate of drug-likeness (QED) is 0.659. The Balaban J connectivity index is 2.43. The molecule has 0 unspecified atom stereocenters. The SMILES string of the molecule is CC(C)COCCNC1(CC(=O)O)CN(C(=O)OC(C)(C)C)C1. The van der Waals surface area contributed by atoms with Crippen LogP contribution in [0.2, 0.25) is 0 Å². The summed E-state index contributed by atoms with van der Waals surface area (Å²) in [6, 6.07) is 0. The highest BCUT2D eigenvalue weighted by atomic mass is 16.6. The Hall–Kier alpha value is -1.34. The molecule has 1 fully saturated rings. The fraction of sp³-hybridized carbons (Fsp3) is 0.875. The summed E-state index contributed by atoms with van der Waals surface area (Å²) in [6.45, 7) is 12.0. The third-order valence-corrected chi connectivity index (χ3v) is 3.33. The van der Waals surface area contributed by atoms with Crippen molar-refractivity contribution in [2.75, 3.05) is 32.8 Å². The van der Waals surface area contributed by atoms with Crippen LogP contribution in [-0.4, -0.2) is 66.1 Å². The molecule has 7 heteroatoms. The van der Waals surface area contributed by atoms with Crippen molar-refractivity contribution in [3.8, 4) is 0 Å². The molecule has 7 nitrogen and oxygen atoms in total. The van der Waals surface area contributed by atoms with Crippen LogP contribution < -0.4 is 5.32 Å². The fourth-order valence-electron chi connectivity index (χ4n) is 2.42. The smallest absolute Gasteiger partial charge is 0.410 e. The highest BCUT2D eigenvalue weighted by Crippen LogP contribution is 2.26. The maximum Gasteiger partial charge on any atom is 0.410 e. The van der Waals surface area contributed by atoms with E-state index in [1.165, 1.54) is 4.90 Å². The normalized spacial score (nSPS) is 17.0. The number of carbonyl (C=O) groups is 2. The average Bonchev–Trinajstić information content (AvgIpc) is 2.30. The standard InChI is InChI=1S/C16H30N2O5/c1-12(2)9-22-7-6-17-16(8-13(19)20)10-18(11-16)14(21)23-15(3,4)5/h12,17H,6-11H2,1-5H3,(H,19,20). The zero-order chi connectivity index (χ0) is 17.7. The first-order valence-corrected chi connectivity index (χ1v) is 8.05. The highest BCUT2D eigenvalue weighted by molar-refractivity contribution is 5.73. The molecule has 1 heterocycles. The summed E-state index contributed by atoms with van der Waals surface area (Å²) >= 11 is 0. The molecule has 1 amide bonds. The van der Waals surface area contributed by atoms with Crippen LogP contribution in [0, 0.1) is 5.92 Å². The van der Waals surface area contributed by atoms with Crippen molar-refractivity contribution >= 4 is 12.1 Å². The van der Waals surface area contributed by atoms with Gasteiger partial charge in [-0.2, -0.15) is 0 Å². The van der Waals surface area contributed by atoms with Gasteiger partial charge in [0.2, 0.25) is 0 Å². The Bertz CT molecular complexity index is 411. The number of carboxylic acids is 1. The number of carbonyl (C=O) groups excluding carboxylic acids is 1. The average molecular weight is 330 g/mol. The monoisotopic (exact) mass is 330 g/mol. The first-order valence-electron chi connectivity index (χ1n) is 8.05. The molecule has 1 rings (SSSR count). The van der Waals surface area contributed by atoms with Crippen molar-refractivity contribution in [2.45, 2.75) is 52.2 Å². The zero-order valence-electron chi connectivity index (χ0n) is 14.8. The van der Waals surface area contributed by atoms with E-state index in [4.69, 9.17) is 14.6 Å². The number of aliphatic carboxylic acids is 1. The van der Waals surface area contributed by atoms with Crippen molar-refractivity contribution in [2.24, 2.45) is 5.92 Å². The van der Waals surface area contributed by atoms with Crippen LogP contribution in [-0.2, 0) is 14.3 Å². The number of carboxylic acid groups (broad SMARTS) is 1. The molecule has 0 aromatic heterocycles. The van der Waals surface area contributed by atoms with E-state index >= 15 is 0 Å². The second-order valence-corrected chi connectivity index (χ2v) is 7.58. The van der Waals surface area contributed by atoms with Crippen LogP contribution in [0.25, 0.3) is 0 Å². The number of nitrogens with zero attached hydrogens (tertiary/aromatic N) is 1. The molecular weight excluding hydrogens is 300 g/mol. The minimum Gasteiger partial charge on any atom is -0.481 e. The summed E-state index contributed by atoms with van der Waals surface area (Å²) in [5.41, 5.74) is -1.15. The molecular formula is C16H30N2O5. The van der Waals surface area contributed by atoms with Gasteiger partial charge in [0.15, 0.2) is 0 Å². The van der Waals surface area contributed by atoms with E-state index in [2.05, 4.69) is 19.2 Å². The number of likely N-dealkylation sites (tertiary alicyclic amines) is 1. The third kappa shape index (κ3) is 7.18. The molecule has 1 aliphatic rings. The summed E-state index contributed by atoms with van der Waals surface area (Å²) in [7, 11) is 0. The van der Waals surface area contributed by atoms with E-state index in [0.29, 0.717) is 38.8 Å². The van der Waals surface area contributed by atoms with E-state index in [9.17, 15) is 9.59 Å². The van der Waals surface area contributed by atoms with Crippen LogP contribution in [0.1, 0.15) is 41.0 Å². The third-order valence-electron chi connectivity index (χ3n) is 3.33. The number of rotatable bonds is 8. The second-order valence-electron chi connectivity index (χ2n) is 7.58. The van der Waals surface area contributed by atoms with Gasteiger partial charge in [-0.15, -0.1) is 0 Å². The Kier molecular flexibility index (Phi) is 6.83. The van der Waals surface area contributed by atoms with Gasteiger partial charge in [0.05, 0.1) is 18.6 Å². The summed E-state index contributed by atoms with van der Waals surface area (Å²) in [5, 5.41) is 12.3. The van der Waals surface area contributed by atoms with Crippen LogP contribution >= 0.6 is 0 Å². The minimum absolute atomic E-state index is 0.0313. The molecule has 23 heavy (non-hydrogen) atoms. The molecule has 0 bridgehead atoms. The van der Waals surface area contributed by atoms with E-state index in [0.717, 1.165) is 0 Å². The Labute approximate surface area is 138 Å². The molecule has 0 spiro atoms. The van der Waals surface area contributed by atoms with Gasteiger partial charge < -0.3 is 24.8 Å². The number of nitrogens with one attached hydrogen (secondary N) is 1. The lowest BCUT2D eigenvalue weighted by Gasteiger charge is -2.49. The van der Waals surface area contributed by atoms with Crippen LogP contribution in [0.5, 0.6) is 0 Å².